The fourth-order valence-corrected chi connectivity index (χ4v) is 5.05. The number of hydrogen-bond donors (Lipinski definition) is 1. The average molecular weight is 519 g/mol. The van der Waals surface area contributed by atoms with Gasteiger partial charge in [-0.05, 0) is 52.7 Å². The smallest absolute Gasteiger partial charge is 0.410 e. The van der Waals surface area contributed by atoms with E-state index in [4.69, 9.17) is 14.8 Å². The van der Waals surface area contributed by atoms with Crippen LogP contribution >= 0.6 is 0 Å². The number of carbonyl (C=O) groups is 1. The number of anilines is 3. The number of rotatable bonds is 5. The zero-order valence-corrected chi connectivity index (χ0v) is 23.4. The van der Waals surface area contributed by atoms with Gasteiger partial charge in [0.15, 0.2) is 0 Å². The van der Waals surface area contributed by atoms with Crippen molar-refractivity contribution >= 4 is 23.5 Å². The summed E-state index contributed by atoms with van der Waals surface area (Å²) in [5.74, 6) is 1.54. The van der Waals surface area contributed by atoms with Crippen LogP contribution in [0.3, 0.4) is 0 Å². The van der Waals surface area contributed by atoms with E-state index in [0.29, 0.717) is 36.8 Å². The summed E-state index contributed by atoms with van der Waals surface area (Å²) in [6.45, 7) is 17.1. The van der Waals surface area contributed by atoms with Gasteiger partial charge < -0.3 is 19.9 Å². The van der Waals surface area contributed by atoms with Crippen LogP contribution in [-0.2, 0) is 11.2 Å². The molecule has 202 valence electrons. The van der Waals surface area contributed by atoms with Crippen molar-refractivity contribution in [3.8, 4) is 11.3 Å². The molecule has 0 bridgehead atoms. The molecule has 0 saturated carbocycles. The quantitative estimate of drug-likeness (QED) is 0.387. The van der Waals surface area contributed by atoms with E-state index in [1.54, 1.807) is 4.90 Å². The Bertz CT molecular complexity index is 1320. The highest BCUT2D eigenvalue weighted by Gasteiger charge is 2.31. The molecule has 0 aromatic carbocycles. The Morgan fingerprint density at radius 3 is 2.37 bits per heavy atom. The van der Waals surface area contributed by atoms with Crippen LogP contribution in [0.15, 0.2) is 24.5 Å². The number of carbonyl (C=O) groups excluding carboxylic acids is 1. The Morgan fingerprint density at radius 2 is 1.76 bits per heavy atom. The van der Waals surface area contributed by atoms with Crippen LogP contribution in [0.25, 0.3) is 11.3 Å². The minimum Gasteiger partial charge on any atom is -0.444 e. The summed E-state index contributed by atoms with van der Waals surface area (Å²) < 4.78 is 7.64. The predicted octanol–water partition coefficient (Wildman–Crippen LogP) is 5.14. The van der Waals surface area contributed by atoms with Crippen molar-refractivity contribution in [3.05, 3.63) is 41.5 Å². The van der Waals surface area contributed by atoms with Crippen LogP contribution in [0.2, 0.25) is 0 Å². The number of aromatic nitrogens is 5. The van der Waals surface area contributed by atoms with Gasteiger partial charge >= 0.3 is 6.09 Å². The topological polar surface area (TPSA) is 101 Å². The zero-order valence-electron chi connectivity index (χ0n) is 23.4. The van der Waals surface area contributed by atoms with E-state index < -0.39 is 5.60 Å². The van der Waals surface area contributed by atoms with Gasteiger partial charge in [0.25, 0.3) is 0 Å². The first kappa shape index (κ1) is 25.9. The molecule has 1 amide bonds. The third-order valence-corrected chi connectivity index (χ3v) is 6.80. The Hall–Kier alpha value is -3.69. The average Bonchev–Trinajstić information content (AvgIpc) is 3.40. The molecule has 2 aliphatic rings. The maximum Gasteiger partial charge on any atom is 0.410 e. The largest absolute Gasteiger partial charge is 0.444 e. The molecule has 38 heavy (non-hydrogen) atoms. The molecule has 1 N–H and O–H groups in total. The number of ether oxygens (including phenoxy) is 1. The van der Waals surface area contributed by atoms with Gasteiger partial charge in [-0.1, -0.05) is 13.8 Å². The lowest BCUT2D eigenvalue weighted by Gasteiger charge is -2.36. The number of amides is 1. The van der Waals surface area contributed by atoms with E-state index >= 15 is 0 Å². The number of nitrogens with zero attached hydrogens (tertiary/aromatic N) is 7. The highest BCUT2D eigenvalue weighted by molar-refractivity contribution is 5.76. The Morgan fingerprint density at radius 1 is 1.03 bits per heavy atom. The third kappa shape index (κ3) is 5.16. The molecular weight excluding hydrogens is 480 g/mol. The van der Waals surface area contributed by atoms with Crippen LogP contribution in [-0.4, -0.2) is 67.5 Å². The van der Waals surface area contributed by atoms with Gasteiger partial charge in [-0.15, -0.1) is 0 Å². The molecule has 10 nitrogen and oxygen atoms in total. The summed E-state index contributed by atoms with van der Waals surface area (Å²) in [6, 6.07) is 4.27. The van der Waals surface area contributed by atoms with Crippen molar-refractivity contribution in [2.24, 2.45) is 0 Å². The summed E-state index contributed by atoms with van der Waals surface area (Å²) in [5, 5.41) is 8.17. The van der Waals surface area contributed by atoms with Crippen molar-refractivity contribution < 1.29 is 9.53 Å². The number of hydrogen-bond acceptors (Lipinski definition) is 8. The molecule has 4 heterocycles. The molecule has 1 fully saturated rings. The van der Waals surface area contributed by atoms with Gasteiger partial charge in [-0.2, -0.15) is 5.10 Å². The SMILES string of the molecule is CC(C)c1c2c(nn1C(C)C)Cc1cnc(Nc3ccc(N4CCN(C(=O)OC(C)(C)C)CC4)cn3)nc1-2. The second kappa shape index (κ2) is 9.89. The maximum atomic E-state index is 12.3. The van der Waals surface area contributed by atoms with Gasteiger partial charge in [0.1, 0.15) is 11.4 Å². The molecule has 3 aromatic rings. The molecule has 3 aromatic heterocycles. The lowest BCUT2D eigenvalue weighted by atomic mass is 10.0. The first-order chi connectivity index (χ1) is 18.0. The van der Waals surface area contributed by atoms with E-state index in [1.807, 2.05) is 45.3 Å². The fourth-order valence-electron chi connectivity index (χ4n) is 5.05. The molecule has 0 unspecified atom stereocenters. The first-order valence-corrected chi connectivity index (χ1v) is 13.4. The van der Waals surface area contributed by atoms with E-state index in [-0.39, 0.29) is 6.09 Å². The van der Waals surface area contributed by atoms with E-state index in [9.17, 15) is 4.79 Å². The number of nitrogens with one attached hydrogen (secondary N) is 1. The molecule has 10 heteroatoms. The Kier molecular flexibility index (Phi) is 6.75. The van der Waals surface area contributed by atoms with Crippen molar-refractivity contribution in [3.63, 3.8) is 0 Å². The lowest BCUT2D eigenvalue weighted by molar-refractivity contribution is 0.0240. The van der Waals surface area contributed by atoms with Gasteiger partial charge in [0, 0.05) is 56.0 Å². The van der Waals surface area contributed by atoms with Crippen LogP contribution in [0.4, 0.5) is 22.2 Å². The highest BCUT2D eigenvalue weighted by atomic mass is 16.6. The van der Waals surface area contributed by atoms with Crippen molar-refractivity contribution in [2.75, 3.05) is 36.4 Å². The van der Waals surface area contributed by atoms with E-state index in [1.165, 1.54) is 5.69 Å². The molecule has 0 atom stereocenters. The molecular formula is C28H38N8O2. The number of fused-ring (bicyclic) bond motifs is 3. The Labute approximate surface area is 224 Å². The first-order valence-electron chi connectivity index (χ1n) is 13.4. The third-order valence-electron chi connectivity index (χ3n) is 6.80. The van der Waals surface area contributed by atoms with Crippen molar-refractivity contribution in [1.82, 2.24) is 29.6 Å². The minimum absolute atomic E-state index is 0.256. The lowest BCUT2D eigenvalue weighted by Crippen LogP contribution is -2.50. The summed E-state index contributed by atoms with van der Waals surface area (Å²) in [6.07, 6.45) is 4.25. The van der Waals surface area contributed by atoms with Crippen LogP contribution in [0.5, 0.6) is 0 Å². The zero-order chi connectivity index (χ0) is 27.2. The highest BCUT2D eigenvalue weighted by Crippen LogP contribution is 2.41. The summed E-state index contributed by atoms with van der Waals surface area (Å²) in [7, 11) is 0. The molecule has 0 spiro atoms. The monoisotopic (exact) mass is 518 g/mol. The van der Waals surface area contributed by atoms with Crippen LogP contribution in [0.1, 0.15) is 77.4 Å². The van der Waals surface area contributed by atoms with E-state index in [0.717, 1.165) is 47.7 Å². The minimum atomic E-state index is -0.488. The second-order valence-corrected chi connectivity index (χ2v) is 11.6. The normalized spacial score (nSPS) is 15.2. The van der Waals surface area contributed by atoms with Gasteiger partial charge in [-0.25, -0.2) is 19.7 Å². The summed E-state index contributed by atoms with van der Waals surface area (Å²) in [4.78, 5) is 30.4. The van der Waals surface area contributed by atoms with E-state index in [2.05, 4.69) is 52.6 Å². The standard InChI is InChI=1S/C28H38N8O2/c1-17(2)25-23-21(33-36(25)18(3)4)14-19-15-30-26(32-24(19)23)31-22-9-8-20(16-29-22)34-10-12-35(13-11-34)27(37)38-28(5,6)7/h8-9,15-18H,10-14H2,1-7H3,(H,29,30,31,32). The fraction of sp³-hybridized carbons (Fsp3) is 0.536. The summed E-state index contributed by atoms with van der Waals surface area (Å²) >= 11 is 0. The Balaban J connectivity index is 1.26. The molecule has 5 rings (SSSR count). The van der Waals surface area contributed by atoms with Gasteiger partial charge in [-0.3, -0.25) is 4.68 Å². The van der Waals surface area contributed by atoms with Crippen LogP contribution < -0.4 is 10.2 Å². The predicted molar refractivity (Wildman–Crippen MR) is 148 cm³/mol. The molecule has 0 radical (unpaired) electrons. The van der Waals surface area contributed by atoms with Crippen molar-refractivity contribution in [2.45, 2.75) is 72.4 Å². The van der Waals surface area contributed by atoms with Gasteiger partial charge in [0.2, 0.25) is 5.95 Å². The number of piperazine rings is 1. The van der Waals surface area contributed by atoms with Gasteiger partial charge in [0.05, 0.1) is 29.0 Å². The van der Waals surface area contributed by atoms with Crippen molar-refractivity contribution in [1.29, 1.82) is 0 Å². The molecule has 1 saturated heterocycles. The summed E-state index contributed by atoms with van der Waals surface area (Å²) in [5.41, 5.74) is 6.07. The molecule has 1 aliphatic carbocycles. The molecule has 1 aliphatic heterocycles. The van der Waals surface area contributed by atoms with Crippen LogP contribution in [0, 0.1) is 0 Å². The maximum absolute atomic E-state index is 12.3. The number of pyridine rings is 1. The second-order valence-electron chi connectivity index (χ2n) is 11.6.